The number of nitrogens with two attached hydrogens (primary N) is 1. The van der Waals surface area contributed by atoms with Gasteiger partial charge in [-0.2, -0.15) is 0 Å². The maximum absolute atomic E-state index is 13.3. The number of halogens is 2. The van der Waals surface area contributed by atoms with Crippen molar-refractivity contribution in [1.29, 1.82) is 0 Å². The molecular weight excluding hydrogens is 226 g/mol. The molecule has 0 atom stereocenters. The molecule has 0 saturated heterocycles. The van der Waals surface area contributed by atoms with E-state index in [2.05, 4.69) is 4.98 Å². The van der Waals surface area contributed by atoms with Crippen LogP contribution in [0.15, 0.2) is 36.5 Å². The summed E-state index contributed by atoms with van der Waals surface area (Å²) >= 11 is 0. The predicted octanol–water partition coefficient (Wildman–Crippen LogP) is 2.52. The molecule has 2 rings (SSSR count). The van der Waals surface area contributed by atoms with Crippen LogP contribution in [0.4, 0.5) is 14.6 Å². The lowest BCUT2D eigenvalue weighted by molar-refractivity contribution is 0.300. The second-order valence-corrected chi connectivity index (χ2v) is 3.41. The smallest absolute Gasteiger partial charge is 0.166 e. The predicted molar refractivity (Wildman–Crippen MR) is 59.3 cm³/mol. The van der Waals surface area contributed by atoms with Gasteiger partial charge in [-0.25, -0.2) is 13.8 Å². The van der Waals surface area contributed by atoms with Crippen molar-refractivity contribution in [3.8, 4) is 5.75 Å². The van der Waals surface area contributed by atoms with Crippen molar-refractivity contribution in [3.63, 3.8) is 0 Å². The maximum Gasteiger partial charge on any atom is 0.166 e. The zero-order valence-electron chi connectivity index (χ0n) is 8.86. The topological polar surface area (TPSA) is 48.1 Å². The van der Waals surface area contributed by atoms with Crippen LogP contribution in [0.1, 0.15) is 5.56 Å². The van der Waals surface area contributed by atoms with Crippen molar-refractivity contribution < 1.29 is 13.5 Å². The number of nitrogen functional groups attached to an aromatic ring is 1. The molecule has 0 fully saturated rings. The van der Waals surface area contributed by atoms with Crippen molar-refractivity contribution in [3.05, 3.63) is 53.7 Å². The van der Waals surface area contributed by atoms with Crippen molar-refractivity contribution >= 4 is 5.82 Å². The Morgan fingerprint density at radius 3 is 2.76 bits per heavy atom. The normalized spacial score (nSPS) is 10.2. The third-order valence-electron chi connectivity index (χ3n) is 2.20. The lowest BCUT2D eigenvalue weighted by Gasteiger charge is -2.08. The van der Waals surface area contributed by atoms with Gasteiger partial charge in [-0.1, -0.05) is 0 Å². The number of anilines is 1. The Labute approximate surface area is 96.9 Å². The first kappa shape index (κ1) is 11.3. The van der Waals surface area contributed by atoms with E-state index in [-0.39, 0.29) is 18.0 Å². The Morgan fingerprint density at radius 2 is 2.06 bits per heavy atom. The fourth-order valence-corrected chi connectivity index (χ4v) is 1.32. The molecule has 0 unspecified atom stereocenters. The molecule has 1 aromatic heterocycles. The van der Waals surface area contributed by atoms with Crippen LogP contribution in [-0.2, 0) is 6.61 Å². The summed E-state index contributed by atoms with van der Waals surface area (Å²) in [4.78, 5) is 3.83. The minimum absolute atomic E-state index is 0.0258. The van der Waals surface area contributed by atoms with Crippen LogP contribution in [0.25, 0.3) is 0 Å². The van der Waals surface area contributed by atoms with E-state index < -0.39 is 11.6 Å². The average molecular weight is 236 g/mol. The van der Waals surface area contributed by atoms with Crippen molar-refractivity contribution in [2.75, 3.05) is 5.73 Å². The number of ether oxygens (including phenoxy) is 1. The van der Waals surface area contributed by atoms with Crippen LogP contribution in [0.3, 0.4) is 0 Å². The highest BCUT2D eigenvalue weighted by Gasteiger charge is 2.06. The summed E-state index contributed by atoms with van der Waals surface area (Å²) in [6.45, 7) is -0.0258. The molecule has 0 aliphatic rings. The van der Waals surface area contributed by atoms with E-state index in [4.69, 9.17) is 10.5 Å². The van der Waals surface area contributed by atoms with Crippen LogP contribution in [0.5, 0.6) is 5.75 Å². The number of pyridine rings is 1. The Bertz CT molecular complexity index is 532. The second-order valence-electron chi connectivity index (χ2n) is 3.41. The molecule has 3 nitrogen and oxygen atoms in total. The van der Waals surface area contributed by atoms with E-state index in [0.29, 0.717) is 5.75 Å². The molecule has 0 saturated carbocycles. The number of nitrogens with zero attached hydrogens (tertiary/aromatic N) is 1. The van der Waals surface area contributed by atoms with E-state index in [1.165, 1.54) is 18.3 Å². The molecule has 2 aromatic rings. The molecule has 0 radical (unpaired) electrons. The van der Waals surface area contributed by atoms with E-state index in [1.807, 2.05) is 0 Å². The van der Waals surface area contributed by atoms with Crippen molar-refractivity contribution in [2.24, 2.45) is 0 Å². The highest BCUT2D eigenvalue weighted by molar-refractivity contribution is 5.44. The van der Waals surface area contributed by atoms with Crippen LogP contribution in [0.2, 0.25) is 0 Å². The van der Waals surface area contributed by atoms with Gasteiger partial charge in [0.1, 0.15) is 18.2 Å². The molecule has 0 spiro atoms. The Morgan fingerprint density at radius 1 is 1.24 bits per heavy atom. The van der Waals surface area contributed by atoms with Crippen molar-refractivity contribution in [1.82, 2.24) is 4.98 Å². The molecule has 17 heavy (non-hydrogen) atoms. The molecule has 1 heterocycles. The Kier molecular flexibility index (Phi) is 3.18. The fraction of sp³-hybridized carbons (Fsp3) is 0.0833. The summed E-state index contributed by atoms with van der Waals surface area (Å²) in [6, 6.07) is 6.60. The summed E-state index contributed by atoms with van der Waals surface area (Å²) in [5.74, 6) is -0.661. The molecule has 0 amide bonds. The first-order chi connectivity index (χ1) is 8.16. The van der Waals surface area contributed by atoms with E-state index in [1.54, 1.807) is 12.1 Å². The summed E-state index contributed by atoms with van der Waals surface area (Å²) in [5.41, 5.74) is 5.82. The Balaban J connectivity index is 2.10. The molecule has 1 aromatic carbocycles. The number of hydrogen-bond acceptors (Lipinski definition) is 3. The number of hydrogen-bond donors (Lipinski definition) is 1. The SMILES string of the molecule is Nc1ncccc1OCc1ccc(F)cc1F. The van der Waals surface area contributed by atoms with Crippen molar-refractivity contribution in [2.45, 2.75) is 6.61 Å². The van der Waals surface area contributed by atoms with Gasteiger partial charge >= 0.3 is 0 Å². The first-order valence-corrected chi connectivity index (χ1v) is 4.94. The summed E-state index contributed by atoms with van der Waals surface area (Å²) in [5, 5.41) is 0. The van der Waals surface area contributed by atoms with Crippen LogP contribution in [0, 0.1) is 11.6 Å². The summed E-state index contributed by atoms with van der Waals surface area (Å²) < 4.78 is 31.2. The van der Waals surface area contributed by atoms with Crippen LogP contribution < -0.4 is 10.5 Å². The average Bonchev–Trinajstić information content (AvgIpc) is 2.30. The van der Waals surface area contributed by atoms with Gasteiger partial charge in [-0.3, -0.25) is 0 Å². The molecule has 5 heteroatoms. The largest absolute Gasteiger partial charge is 0.485 e. The lowest BCUT2D eigenvalue weighted by Crippen LogP contribution is -2.02. The number of aromatic nitrogens is 1. The third kappa shape index (κ3) is 2.69. The Hall–Kier alpha value is -2.17. The van der Waals surface area contributed by atoms with E-state index in [9.17, 15) is 8.78 Å². The standard InChI is InChI=1S/C12H10F2N2O/c13-9-4-3-8(10(14)6-9)7-17-11-2-1-5-16-12(11)15/h1-6H,7H2,(H2,15,16). The van der Waals surface area contributed by atoms with Gasteiger partial charge in [-0.05, 0) is 24.3 Å². The second kappa shape index (κ2) is 4.78. The number of benzene rings is 1. The minimum Gasteiger partial charge on any atom is -0.485 e. The van der Waals surface area contributed by atoms with E-state index >= 15 is 0 Å². The zero-order chi connectivity index (χ0) is 12.3. The van der Waals surface area contributed by atoms with Gasteiger partial charge in [0.05, 0.1) is 0 Å². The van der Waals surface area contributed by atoms with Gasteiger partial charge in [0.25, 0.3) is 0 Å². The highest BCUT2D eigenvalue weighted by Crippen LogP contribution is 2.19. The van der Waals surface area contributed by atoms with E-state index in [0.717, 1.165) is 6.07 Å². The molecule has 0 aliphatic heterocycles. The molecule has 88 valence electrons. The molecular formula is C12H10F2N2O. The fourth-order valence-electron chi connectivity index (χ4n) is 1.32. The summed E-state index contributed by atoms with van der Waals surface area (Å²) in [6.07, 6.45) is 1.53. The quantitative estimate of drug-likeness (QED) is 0.890. The third-order valence-corrected chi connectivity index (χ3v) is 2.20. The molecule has 0 bridgehead atoms. The van der Waals surface area contributed by atoms with Crippen LogP contribution >= 0.6 is 0 Å². The highest BCUT2D eigenvalue weighted by atomic mass is 19.1. The molecule has 0 aliphatic carbocycles. The maximum atomic E-state index is 13.3. The van der Waals surface area contributed by atoms with Gasteiger partial charge in [-0.15, -0.1) is 0 Å². The monoisotopic (exact) mass is 236 g/mol. The van der Waals surface area contributed by atoms with Gasteiger partial charge < -0.3 is 10.5 Å². The van der Waals surface area contributed by atoms with Gasteiger partial charge in [0, 0.05) is 17.8 Å². The van der Waals surface area contributed by atoms with Gasteiger partial charge in [0.2, 0.25) is 0 Å². The lowest BCUT2D eigenvalue weighted by atomic mass is 10.2. The first-order valence-electron chi connectivity index (χ1n) is 4.94. The zero-order valence-corrected chi connectivity index (χ0v) is 8.86. The molecule has 2 N–H and O–H groups in total. The summed E-state index contributed by atoms with van der Waals surface area (Å²) in [7, 11) is 0. The van der Waals surface area contributed by atoms with Gasteiger partial charge in [0.15, 0.2) is 11.6 Å². The van der Waals surface area contributed by atoms with Crippen LogP contribution in [-0.4, -0.2) is 4.98 Å². The minimum atomic E-state index is -0.646. The number of rotatable bonds is 3.